The van der Waals surface area contributed by atoms with Crippen molar-refractivity contribution < 1.29 is 8.78 Å². The minimum Gasteiger partial charge on any atom is -0.332 e. The van der Waals surface area contributed by atoms with Crippen molar-refractivity contribution in [1.82, 2.24) is 14.5 Å². The second kappa shape index (κ2) is 7.38. The van der Waals surface area contributed by atoms with Crippen molar-refractivity contribution in [1.29, 1.82) is 0 Å². The van der Waals surface area contributed by atoms with Crippen LogP contribution in [0.5, 0.6) is 0 Å². The Labute approximate surface area is 168 Å². The first-order valence-electron chi connectivity index (χ1n) is 9.01. The van der Waals surface area contributed by atoms with Gasteiger partial charge in [-0.15, -0.1) is 9.24 Å². The van der Waals surface area contributed by atoms with Gasteiger partial charge >= 0.3 is 0 Å². The third-order valence-electron chi connectivity index (χ3n) is 4.81. The summed E-state index contributed by atoms with van der Waals surface area (Å²) in [5, 5.41) is 0.510. The van der Waals surface area contributed by atoms with Gasteiger partial charge < -0.3 is 4.57 Å². The smallest absolute Gasteiger partial charge is 0.157 e. The predicted octanol–water partition coefficient (Wildman–Crippen LogP) is 6.06. The summed E-state index contributed by atoms with van der Waals surface area (Å²) < 4.78 is 30.6. The first-order valence-corrected chi connectivity index (χ1v) is 10.2. The Bertz CT molecular complexity index is 1190. The molecule has 0 aliphatic carbocycles. The summed E-state index contributed by atoms with van der Waals surface area (Å²) in [6, 6.07) is 10.3. The van der Waals surface area contributed by atoms with Crippen LogP contribution in [0.1, 0.15) is 36.7 Å². The molecule has 0 radical (unpaired) electrons. The lowest BCUT2D eigenvalue weighted by Gasteiger charge is -2.10. The number of halogens is 3. The van der Waals surface area contributed by atoms with Crippen LogP contribution in [0, 0.1) is 11.6 Å². The molecule has 3 nitrogen and oxygen atoms in total. The molecule has 2 aromatic carbocycles. The first kappa shape index (κ1) is 19.2. The van der Waals surface area contributed by atoms with Crippen LogP contribution in [0.3, 0.4) is 0 Å². The number of aromatic nitrogens is 3. The summed E-state index contributed by atoms with van der Waals surface area (Å²) in [5.74, 6) is -0.726. The topological polar surface area (TPSA) is 30.7 Å². The summed E-state index contributed by atoms with van der Waals surface area (Å²) in [5.41, 5.74) is 3.53. The maximum absolute atomic E-state index is 14.7. The predicted molar refractivity (Wildman–Crippen MR) is 113 cm³/mol. The van der Waals surface area contributed by atoms with Gasteiger partial charge in [-0.05, 0) is 23.4 Å². The normalized spacial score (nSPS) is 11.8. The van der Waals surface area contributed by atoms with Crippen molar-refractivity contribution in [3.8, 4) is 0 Å². The van der Waals surface area contributed by atoms with Crippen molar-refractivity contribution in [3.63, 3.8) is 0 Å². The van der Waals surface area contributed by atoms with E-state index in [-0.39, 0.29) is 16.5 Å². The fourth-order valence-electron chi connectivity index (χ4n) is 3.37. The third kappa shape index (κ3) is 3.27. The minimum absolute atomic E-state index is 0.0308. The average Bonchev–Trinajstić information content (AvgIpc) is 2.96. The van der Waals surface area contributed by atoms with Crippen LogP contribution >= 0.6 is 20.8 Å². The molecule has 7 heteroatoms. The fourth-order valence-corrected chi connectivity index (χ4v) is 3.92. The summed E-state index contributed by atoms with van der Waals surface area (Å²) in [7, 11) is 2.69. The Morgan fingerprint density at radius 1 is 1.07 bits per heavy atom. The summed E-state index contributed by atoms with van der Waals surface area (Å²) in [6.45, 7) is 4.30. The molecular weight excluding hydrogens is 399 g/mol. The molecule has 28 heavy (non-hydrogen) atoms. The van der Waals surface area contributed by atoms with Gasteiger partial charge in [0, 0.05) is 18.5 Å². The second-order valence-electron chi connectivity index (χ2n) is 7.11. The Hall–Kier alpha value is -2.10. The first-order chi connectivity index (χ1) is 13.4. The van der Waals surface area contributed by atoms with E-state index in [1.165, 1.54) is 11.6 Å². The second-order valence-corrected chi connectivity index (χ2v) is 7.88. The Morgan fingerprint density at radius 3 is 2.39 bits per heavy atom. The van der Waals surface area contributed by atoms with E-state index in [9.17, 15) is 8.78 Å². The molecule has 0 spiro atoms. The standard InChI is InChI=1S/C21H19ClF2N3P/c1-11(2)21-25-18-17-15(24)7-14(23)8-16(17)27(19(18)20(22)26-21)9-12-3-5-13(10-28)6-4-12/h3-8,11H,9-10,28H2,1-2H3. The van der Waals surface area contributed by atoms with E-state index in [0.29, 0.717) is 28.9 Å². The molecule has 0 aliphatic rings. The highest BCUT2D eigenvalue weighted by Gasteiger charge is 2.21. The van der Waals surface area contributed by atoms with Crippen LogP contribution in [0.4, 0.5) is 8.78 Å². The highest BCUT2D eigenvalue weighted by Crippen LogP contribution is 2.35. The Morgan fingerprint density at radius 2 is 1.75 bits per heavy atom. The van der Waals surface area contributed by atoms with Crippen LogP contribution in [-0.2, 0) is 12.7 Å². The van der Waals surface area contributed by atoms with E-state index >= 15 is 0 Å². The molecule has 0 aliphatic heterocycles. The van der Waals surface area contributed by atoms with Gasteiger partial charge in [-0.1, -0.05) is 49.7 Å². The zero-order valence-corrected chi connectivity index (χ0v) is 17.4. The van der Waals surface area contributed by atoms with Gasteiger partial charge in [-0.25, -0.2) is 18.7 Å². The van der Waals surface area contributed by atoms with Crippen LogP contribution in [-0.4, -0.2) is 14.5 Å². The van der Waals surface area contributed by atoms with Gasteiger partial charge in [0.15, 0.2) is 5.15 Å². The molecule has 0 saturated heterocycles. The number of hydrogen-bond acceptors (Lipinski definition) is 2. The number of fused-ring (bicyclic) bond motifs is 3. The van der Waals surface area contributed by atoms with Crippen LogP contribution in [0.2, 0.25) is 5.15 Å². The van der Waals surface area contributed by atoms with Gasteiger partial charge in [-0.2, -0.15) is 0 Å². The summed E-state index contributed by atoms with van der Waals surface area (Å²) >= 11 is 6.50. The fraction of sp³-hybridized carbons (Fsp3) is 0.238. The lowest BCUT2D eigenvalue weighted by atomic mass is 10.1. The van der Waals surface area contributed by atoms with E-state index in [0.717, 1.165) is 17.8 Å². The Balaban J connectivity index is 2.02. The lowest BCUT2D eigenvalue weighted by Crippen LogP contribution is -2.03. The van der Waals surface area contributed by atoms with E-state index in [1.807, 2.05) is 38.1 Å². The van der Waals surface area contributed by atoms with Crippen LogP contribution in [0.25, 0.3) is 21.9 Å². The molecule has 2 aromatic heterocycles. The van der Waals surface area contributed by atoms with E-state index in [1.54, 1.807) is 4.57 Å². The van der Waals surface area contributed by atoms with E-state index < -0.39 is 11.6 Å². The molecule has 144 valence electrons. The van der Waals surface area contributed by atoms with Crippen molar-refractivity contribution in [2.45, 2.75) is 32.5 Å². The van der Waals surface area contributed by atoms with Crippen LogP contribution in [0.15, 0.2) is 36.4 Å². The molecular formula is C21H19ClF2N3P. The molecule has 0 N–H and O–H groups in total. The van der Waals surface area contributed by atoms with Gasteiger partial charge in [0.1, 0.15) is 28.5 Å². The molecule has 2 heterocycles. The maximum atomic E-state index is 14.7. The highest BCUT2D eigenvalue weighted by molar-refractivity contribution is 7.15. The minimum atomic E-state index is -0.651. The van der Waals surface area contributed by atoms with Gasteiger partial charge in [0.05, 0.1) is 10.9 Å². The number of nitrogens with zero attached hydrogens (tertiary/aromatic N) is 3. The number of rotatable bonds is 4. The molecule has 1 unspecified atom stereocenters. The molecule has 0 bridgehead atoms. The van der Waals surface area contributed by atoms with Gasteiger partial charge in [-0.3, -0.25) is 0 Å². The zero-order valence-electron chi connectivity index (χ0n) is 15.5. The molecule has 0 fully saturated rings. The maximum Gasteiger partial charge on any atom is 0.157 e. The average molecular weight is 418 g/mol. The molecule has 0 amide bonds. The Kier molecular flexibility index (Phi) is 5.07. The monoisotopic (exact) mass is 417 g/mol. The summed E-state index contributed by atoms with van der Waals surface area (Å²) in [6.07, 6.45) is 0.865. The van der Waals surface area contributed by atoms with Crippen molar-refractivity contribution in [2.75, 3.05) is 0 Å². The SMILES string of the molecule is CC(C)c1nc(Cl)c2c(n1)c1c(F)cc(F)cc1n2Cc1ccc(CP)cc1. The largest absolute Gasteiger partial charge is 0.332 e. The quantitative estimate of drug-likeness (QED) is 0.298. The summed E-state index contributed by atoms with van der Waals surface area (Å²) in [4.78, 5) is 8.95. The zero-order chi connectivity index (χ0) is 20.0. The van der Waals surface area contributed by atoms with E-state index in [2.05, 4.69) is 19.2 Å². The van der Waals surface area contributed by atoms with Crippen LogP contribution < -0.4 is 0 Å². The molecule has 1 atom stereocenters. The molecule has 4 rings (SSSR count). The van der Waals surface area contributed by atoms with Crippen molar-refractivity contribution in [2.24, 2.45) is 0 Å². The molecule has 0 saturated carbocycles. The van der Waals surface area contributed by atoms with Crippen molar-refractivity contribution in [3.05, 3.63) is 70.1 Å². The molecule has 4 aromatic rings. The van der Waals surface area contributed by atoms with Gasteiger partial charge in [0.25, 0.3) is 0 Å². The van der Waals surface area contributed by atoms with Gasteiger partial charge in [0.2, 0.25) is 0 Å². The number of hydrogen-bond donors (Lipinski definition) is 0. The number of benzene rings is 2. The highest BCUT2D eigenvalue weighted by atomic mass is 35.5. The van der Waals surface area contributed by atoms with Crippen molar-refractivity contribution >= 4 is 42.8 Å². The third-order valence-corrected chi connectivity index (χ3v) is 5.54. The van der Waals surface area contributed by atoms with E-state index in [4.69, 9.17) is 11.6 Å². The lowest BCUT2D eigenvalue weighted by molar-refractivity contribution is 0.591.